The summed E-state index contributed by atoms with van der Waals surface area (Å²) in [7, 11) is -1.85. The number of aryl methyl sites for hydroxylation is 1. The summed E-state index contributed by atoms with van der Waals surface area (Å²) < 4.78 is 29.7. The van der Waals surface area contributed by atoms with Gasteiger partial charge in [0.05, 0.1) is 15.1 Å². The molecule has 1 aromatic carbocycles. The van der Waals surface area contributed by atoms with Crippen LogP contribution in [0.5, 0.6) is 0 Å². The number of rotatable bonds is 5. The second kappa shape index (κ2) is 6.59. The van der Waals surface area contributed by atoms with E-state index in [-0.39, 0.29) is 9.77 Å². The minimum atomic E-state index is -3.54. The Bertz CT molecular complexity index is 907. The third kappa shape index (κ3) is 3.57. The Morgan fingerprint density at radius 2 is 2.13 bits per heavy atom. The van der Waals surface area contributed by atoms with Crippen LogP contribution in [0.2, 0.25) is 0 Å². The second-order valence-electron chi connectivity index (χ2n) is 5.81. The lowest BCUT2D eigenvalue weighted by atomic mass is 9.97. The van der Waals surface area contributed by atoms with Gasteiger partial charge in [-0.2, -0.15) is 0 Å². The van der Waals surface area contributed by atoms with Crippen LogP contribution in [0.15, 0.2) is 39.5 Å². The van der Waals surface area contributed by atoms with Crippen molar-refractivity contribution in [2.24, 2.45) is 7.05 Å². The molecule has 3 rings (SSSR count). The third-order valence-electron chi connectivity index (χ3n) is 4.20. The van der Waals surface area contributed by atoms with E-state index < -0.39 is 10.0 Å². The Morgan fingerprint density at radius 3 is 2.87 bits per heavy atom. The largest absolute Gasteiger partial charge is 0.307 e. The molecule has 0 fully saturated rings. The first-order valence-electron chi connectivity index (χ1n) is 7.74. The lowest BCUT2D eigenvalue weighted by Crippen LogP contribution is -2.25. The Kier molecular flexibility index (Phi) is 4.70. The zero-order chi connectivity index (χ0) is 16.4. The molecule has 0 radical (unpaired) electrons. The van der Waals surface area contributed by atoms with Gasteiger partial charge in [-0.25, -0.2) is 13.1 Å². The van der Waals surface area contributed by atoms with Crippen LogP contribution >= 0.6 is 11.3 Å². The molecule has 23 heavy (non-hydrogen) atoms. The van der Waals surface area contributed by atoms with Crippen molar-refractivity contribution >= 4 is 31.6 Å². The van der Waals surface area contributed by atoms with Crippen molar-refractivity contribution in [3.8, 4) is 0 Å². The number of sulfonamides is 1. The van der Waals surface area contributed by atoms with Crippen molar-refractivity contribution < 1.29 is 8.42 Å². The summed E-state index contributed by atoms with van der Waals surface area (Å²) in [6, 6.07) is 4.81. The predicted octanol–water partition coefficient (Wildman–Crippen LogP) is 2.77. The molecule has 1 N–H and O–H groups in total. The van der Waals surface area contributed by atoms with Crippen LogP contribution in [-0.2, 0) is 17.1 Å². The topological polar surface area (TPSA) is 68.2 Å². The van der Waals surface area contributed by atoms with Crippen LogP contribution in [0.1, 0.15) is 32.1 Å². The standard InChI is InChI=1S/C16H20N2O3S2/c1-18-14-8-7-13(11-15(14)22-16(18)19)23(20,21)17-10-9-12-5-3-2-4-6-12/h5,7-8,11,17H,2-4,6,9-10H2,1H3. The van der Waals surface area contributed by atoms with Gasteiger partial charge < -0.3 is 4.57 Å². The van der Waals surface area contributed by atoms with Gasteiger partial charge in [0.15, 0.2) is 0 Å². The van der Waals surface area contributed by atoms with Gasteiger partial charge in [-0.3, -0.25) is 4.79 Å². The van der Waals surface area contributed by atoms with Crippen molar-refractivity contribution in [2.45, 2.75) is 37.0 Å². The highest BCUT2D eigenvalue weighted by molar-refractivity contribution is 7.89. The first-order valence-corrected chi connectivity index (χ1v) is 10.0. The SMILES string of the molecule is Cn1c(=O)sc2cc(S(=O)(=O)NCCC3=CCCCC3)ccc21. The summed E-state index contributed by atoms with van der Waals surface area (Å²) in [6.45, 7) is 0.414. The fourth-order valence-electron chi connectivity index (χ4n) is 2.84. The fourth-order valence-corrected chi connectivity index (χ4v) is 4.89. The highest BCUT2D eigenvalue weighted by Gasteiger charge is 2.16. The smallest absolute Gasteiger partial charge is 0.302 e. The van der Waals surface area contributed by atoms with E-state index >= 15 is 0 Å². The fraction of sp³-hybridized carbons (Fsp3) is 0.438. The molecule has 0 amide bonds. The molecular weight excluding hydrogens is 332 g/mol. The Labute approximate surface area is 139 Å². The van der Waals surface area contributed by atoms with Crippen molar-refractivity contribution in [3.63, 3.8) is 0 Å². The predicted molar refractivity (Wildman–Crippen MR) is 93.4 cm³/mol. The molecule has 124 valence electrons. The van der Waals surface area contributed by atoms with E-state index in [2.05, 4.69) is 10.8 Å². The minimum Gasteiger partial charge on any atom is -0.302 e. The van der Waals surface area contributed by atoms with Gasteiger partial charge >= 0.3 is 4.87 Å². The number of hydrogen-bond acceptors (Lipinski definition) is 4. The molecular formula is C16H20N2O3S2. The van der Waals surface area contributed by atoms with Crippen molar-refractivity contribution in [3.05, 3.63) is 39.5 Å². The van der Waals surface area contributed by atoms with Crippen molar-refractivity contribution in [1.82, 2.24) is 9.29 Å². The molecule has 0 unspecified atom stereocenters. The summed E-state index contributed by atoms with van der Waals surface area (Å²) in [4.78, 5) is 11.8. The summed E-state index contributed by atoms with van der Waals surface area (Å²) >= 11 is 1.06. The number of benzene rings is 1. The number of aromatic nitrogens is 1. The number of fused-ring (bicyclic) bond motifs is 1. The van der Waals surface area contributed by atoms with Crippen LogP contribution in [-0.4, -0.2) is 19.5 Å². The third-order valence-corrected chi connectivity index (χ3v) is 6.65. The maximum atomic E-state index is 12.4. The van der Waals surface area contributed by atoms with Gasteiger partial charge in [0, 0.05) is 13.6 Å². The van der Waals surface area contributed by atoms with E-state index in [4.69, 9.17) is 0 Å². The zero-order valence-corrected chi connectivity index (χ0v) is 14.7. The van der Waals surface area contributed by atoms with E-state index in [1.807, 2.05) is 0 Å². The van der Waals surface area contributed by atoms with Crippen LogP contribution in [0, 0.1) is 0 Å². The molecule has 7 heteroatoms. The molecule has 0 aliphatic heterocycles. The van der Waals surface area contributed by atoms with Gasteiger partial charge in [0.25, 0.3) is 0 Å². The molecule has 0 atom stereocenters. The van der Waals surface area contributed by atoms with E-state index in [9.17, 15) is 13.2 Å². The van der Waals surface area contributed by atoms with E-state index in [0.717, 1.165) is 36.1 Å². The van der Waals surface area contributed by atoms with Crippen LogP contribution in [0.4, 0.5) is 0 Å². The quantitative estimate of drug-likeness (QED) is 0.841. The Morgan fingerprint density at radius 1 is 1.30 bits per heavy atom. The summed E-state index contributed by atoms with van der Waals surface area (Å²) in [6.07, 6.45) is 7.60. The maximum absolute atomic E-state index is 12.4. The number of nitrogens with zero attached hydrogens (tertiary/aromatic N) is 1. The van der Waals surface area contributed by atoms with Crippen LogP contribution < -0.4 is 9.60 Å². The van der Waals surface area contributed by atoms with Crippen LogP contribution in [0.3, 0.4) is 0 Å². The maximum Gasteiger partial charge on any atom is 0.307 e. The molecule has 1 heterocycles. The van der Waals surface area contributed by atoms with E-state index in [0.29, 0.717) is 11.2 Å². The average molecular weight is 352 g/mol. The Balaban J connectivity index is 1.74. The van der Waals surface area contributed by atoms with Gasteiger partial charge in [0.1, 0.15) is 0 Å². The molecule has 1 aliphatic carbocycles. The van der Waals surface area contributed by atoms with Gasteiger partial charge in [-0.15, -0.1) is 0 Å². The summed E-state index contributed by atoms with van der Waals surface area (Å²) in [5.41, 5.74) is 2.10. The molecule has 0 saturated carbocycles. The lowest BCUT2D eigenvalue weighted by Gasteiger charge is -2.13. The van der Waals surface area contributed by atoms with Crippen molar-refractivity contribution in [2.75, 3.05) is 6.54 Å². The molecule has 1 aliphatic rings. The minimum absolute atomic E-state index is 0.0910. The van der Waals surface area contributed by atoms with Crippen molar-refractivity contribution in [1.29, 1.82) is 0 Å². The first kappa shape index (κ1) is 16.4. The summed E-state index contributed by atoms with van der Waals surface area (Å²) in [5.74, 6) is 0. The normalized spacial score (nSPS) is 15.8. The number of thiazole rings is 1. The van der Waals surface area contributed by atoms with Gasteiger partial charge in [0.2, 0.25) is 10.0 Å². The van der Waals surface area contributed by atoms with E-state index in [1.165, 1.54) is 23.0 Å². The average Bonchev–Trinajstić information content (AvgIpc) is 2.82. The Hall–Kier alpha value is -1.44. The monoisotopic (exact) mass is 352 g/mol. The highest BCUT2D eigenvalue weighted by Crippen LogP contribution is 2.22. The van der Waals surface area contributed by atoms with E-state index in [1.54, 1.807) is 25.2 Å². The highest BCUT2D eigenvalue weighted by atomic mass is 32.2. The van der Waals surface area contributed by atoms with Gasteiger partial charge in [-0.1, -0.05) is 23.0 Å². The molecule has 0 spiro atoms. The molecule has 2 aromatic rings. The molecule has 0 saturated heterocycles. The number of nitrogens with one attached hydrogen (secondary N) is 1. The molecule has 0 bridgehead atoms. The number of hydrogen-bond donors (Lipinski definition) is 1. The molecule has 1 aromatic heterocycles. The van der Waals surface area contributed by atoms with Crippen LogP contribution in [0.25, 0.3) is 10.2 Å². The number of allylic oxidation sites excluding steroid dienone is 1. The first-order chi connectivity index (χ1) is 11.0. The lowest BCUT2D eigenvalue weighted by molar-refractivity contribution is 0.579. The van der Waals surface area contributed by atoms with Gasteiger partial charge in [-0.05, 0) is 50.3 Å². The summed E-state index contributed by atoms with van der Waals surface area (Å²) in [5, 5.41) is 0. The zero-order valence-electron chi connectivity index (χ0n) is 13.0. The second-order valence-corrected chi connectivity index (χ2v) is 8.57. The molecule has 5 nitrogen and oxygen atoms in total.